The van der Waals surface area contributed by atoms with Crippen molar-refractivity contribution in [3.63, 3.8) is 0 Å². The Bertz CT molecular complexity index is 585. The van der Waals surface area contributed by atoms with Gasteiger partial charge in [-0.25, -0.2) is 0 Å². The van der Waals surface area contributed by atoms with E-state index in [9.17, 15) is 4.79 Å². The molecular weight excluding hydrogens is 451 g/mol. The molecule has 0 unspecified atom stereocenters. The van der Waals surface area contributed by atoms with Crippen LogP contribution in [0.15, 0.2) is 29.3 Å². The summed E-state index contributed by atoms with van der Waals surface area (Å²) in [5.74, 6) is 1.78. The van der Waals surface area contributed by atoms with Crippen molar-refractivity contribution in [2.75, 3.05) is 26.7 Å². The molecular formula is C21H35IN4O. The van der Waals surface area contributed by atoms with Gasteiger partial charge in [0.05, 0.1) is 0 Å². The number of halogens is 1. The Morgan fingerprint density at radius 1 is 1.22 bits per heavy atom. The molecule has 1 fully saturated rings. The molecule has 1 aromatic carbocycles. The largest absolute Gasteiger partial charge is 0.357 e. The van der Waals surface area contributed by atoms with E-state index in [-0.39, 0.29) is 29.9 Å². The third kappa shape index (κ3) is 8.95. The summed E-state index contributed by atoms with van der Waals surface area (Å²) >= 11 is 0. The molecule has 0 aliphatic heterocycles. The zero-order valence-corrected chi connectivity index (χ0v) is 19.1. The van der Waals surface area contributed by atoms with Gasteiger partial charge in [0.2, 0.25) is 0 Å². The van der Waals surface area contributed by atoms with Gasteiger partial charge >= 0.3 is 0 Å². The van der Waals surface area contributed by atoms with E-state index < -0.39 is 0 Å². The number of benzene rings is 1. The Labute approximate surface area is 181 Å². The quantitative estimate of drug-likeness (QED) is 0.216. The van der Waals surface area contributed by atoms with E-state index in [1.165, 1.54) is 38.5 Å². The van der Waals surface area contributed by atoms with E-state index in [0.717, 1.165) is 43.5 Å². The molecule has 0 atom stereocenters. The fourth-order valence-corrected chi connectivity index (χ4v) is 3.55. The fraction of sp³-hybridized carbons (Fsp3) is 0.619. The molecule has 0 saturated heterocycles. The SMILES string of the molecule is CCNC(=NCCCC1CCCC1)NCCc1cccc(C(=O)NC)c1.I. The second-order valence-electron chi connectivity index (χ2n) is 7.01. The summed E-state index contributed by atoms with van der Waals surface area (Å²) < 4.78 is 0. The van der Waals surface area contributed by atoms with Crippen LogP contribution in [0.3, 0.4) is 0 Å². The predicted molar refractivity (Wildman–Crippen MR) is 124 cm³/mol. The van der Waals surface area contributed by atoms with Crippen LogP contribution in [0.5, 0.6) is 0 Å². The summed E-state index contributed by atoms with van der Waals surface area (Å²) in [7, 11) is 1.66. The summed E-state index contributed by atoms with van der Waals surface area (Å²) in [5.41, 5.74) is 1.85. The summed E-state index contributed by atoms with van der Waals surface area (Å²) in [6.45, 7) is 4.63. The number of amides is 1. The molecule has 1 amide bonds. The lowest BCUT2D eigenvalue weighted by Gasteiger charge is -2.12. The lowest BCUT2D eigenvalue weighted by molar-refractivity contribution is 0.0963. The highest BCUT2D eigenvalue weighted by atomic mass is 127. The second kappa shape index (κ2) is 13.8. The number of rotatable bonds is 9. The van der Waals surface area contributed by atoms with Gasteiger partial charge in [-0.1, -0.05) is 37.8 Å². The third-order valence-electron chi connectivity index (χ3n) is 4.98. The molecule has 0 spiro atoms. The number of carbonyl (C=O) groups excluding carboxylic acids is 1. The molecule has 1 aromatic rings. The maximum atomic E-state index is 11.7. The molecule has 152 valence electrons. The first-order chi connectivity index (χ1) is 12.7. The molecule has 5 nitrogen and oxygen atoms in total. The van der Waals surface area contributed by atoms with Gasteiger partial charge in [-0.2, -0.15) is 0 Å². The van der Waals surface area contributed by atoms with Crippen LogP contribution in [-0.4, -0.2) is 38.5 Å². The number of guanidine groups is 1. The van der Waals surface area contributed by atoms with Crippen molar-refractivity contribution in [1.29, 1.82) is 0 Å². The molecule has 2 rings (SSSR count). The van der Waals surface area contributed by atoms with Gasteiger partial charge in [0.1, 0.15) is 0 Å². The number of hydrogen-bond acceptors (Lipinski definition) is 2. The molecule has 6 heteroatoms. The van der Waals surface area contributed by atoms with E-state index in [4.69, 9.17) is 4.99 Å². The Morgan fingerprint density at radius 3 is 2.70 bits per heavy atom. The number of nitrogens with zero attached hydrogens (tertiary/aromatic N) is 1. The van der Waals surface area contributed by atoms with Crippen LogP contribution in [0.25, 0.3) is 0 Å². The summed E-state index contributed by atoms with van der Waals surface area (Å²) in [5, 5.41) is 9.37. The second-order valence-corrected chi connectivity index (χ2v) is 7.01. The first-order valence-electron chi connectivity index (χ1n) is 10.1. The van der Waals surface area contributed by atoms with Gasteiger partial charge in [0.25, 0.3) is 5.91 Å². The molecule has 0 aromatic heterocycles. The number of carbonyl (C=O) groups is 1. The highest BCUT2D eigenvalue weighted by Gasteiger charge is 2.13. The zero-order valence-electron chi connectivity index (χ0n) is 16.7. The summed E-state index contributed by atoms with van der Waals surface area (Å²) in [4.78, 5) is 16.4. The van der Waals surface area contributed by atoms with Gasteiger partial charge in [-0.15, -0.1) is 24.0 Å². The summed E-state index contributed by atoms with van der Waals surface area (Å²) in [6, 6.07) is 7.78. The molecule has 27 heavy (non-hydrogen) atoms. The fourth-order valence-electron chi connectivity index (χ4n) is 3.55. The van der Waals surface area contributed by atoms with E-state index in [1.807, 2.05) is 18.2 Å². The monoisotopic (exact) mass is 486 g/mol. The molecule has 0 heterocycles. The minimum Gasteiger partial charge on any atom is -0.357 e. The smallest absolute Gasteiger partial charge is 0.251 e. The van der Waals surface area contributed by atoms with Crippen molar-refractivity contribution < 1.29 is 4.79 Å². The predicted octanol–water partition coefficient (Wildman–Crippen LogP) is 3.73. The Hall–Kier alpha value is -1.31. The topological polar surface area (TPSA) is 65.5 Å². The van der Waals surface area contributed by atoms with Crippen LogP contribution < -0.4 is 16.0 Å². The van der Waals surface area contributed by atoms with E-state index in [0.29, 0.717) is 5.56 Å². The average Bonchev–Trinajstić information content (AvgIpc) is 3.18. The van der Waals surface area contributed by atoms with Crippen LogP contribution in [0.2, 0.25) is 0 Å². The maximum Gasteiger partial charge on any atom is 0.251 e. The molecule has 1 aliphatic carbocycles. The lowest BCUT2D eigenvalue weighted by atomic mass is 10.0. The van der Waals surface area contributed by atoms with Crippen LogP contribution in [0.4, 0.5) is 0 Å². The minimum absolute atomic E-state index is 0. The zero-order chi connectivity index (χ0) is 18.6. The van der Waals surface area contributed by atoms with Crippen LogP contribution in [0, 0.1) is 5.92 Å². The number of hydrogen-bond donors (Lipinski definition) is 3. The van der Waals surface area contributed by atoms with Crippen molar-refractivity contribution in [2.45, 2.75) is 51.9 Å². The standard InChI is InChI=1S/C21H34N4O.HI/c1-3-23-21(24-14-7-11-17-8-4-5-9-17)25-15-13-18-10-6-12-19(16-18)20(26)22-2;/h6,10,12,16-17H,3-5,7-9,11,13-15H2,1-2H3,(H,22,26)(H2,23,24,25);1H. The van der Waals surface area contributed by atoms with Crippen molar-refractivity contribution in [3.8, 4) is 0 Å². The number of aliphatic imine (C=N–C) groups is 1. The van der Waals surface area contributed by atoms with Gasteiger partial charge in [0, 0.05) is 32.2 Å². The normalized spacial score (nSPS) is 14.5. The lowest BCUT2D eigenvalue weighted by Crippen LogP contribution is -2.38. The van der Waals surface area contributed by atoms with Crippen LogP contribution in [-0.2, 0) is 6.42 Å². The summed E-state index contributed by atoms with van der Waals surface area (Å²) in [6.07, 6.45) is 9.01. The van der Waals surface area contributed by atoms with E-state index in [2.05, 4.69) is 28.9 Å². The molecule has 3 N–H and O–H groups in total. The van der Waals surface area contributed by atoms with Crippen molar-refractivity contribution in [1.82, 2.24) is 16.0 Å². The first kappa shape index (κ1) is 23.7. The van der Waals surface area contributed by atoms with Crippen molar-refractivity contribution >= 4 is 35.8 Å². The number of nitrogens with one attached hydrogen (secondary N) is 3. The average molecular weight is 486 g/mol. The van der Waals surface area contributed by atoms with Gasteiger partial charge in [-0.05, 0) is 49.8 Å². The first-order valence-corrected chi connectivity index (χ1v) is 10.1. The maximum absolute atomic E-state index is 11.7. The van der Waals surface area contributed by atoms with Gasteiger partial charge < -0.3 is 16.0 Å². The molecule has 0 radical (unpaired) electrons. The van der Waals surface area contributed by atoms with E-state index >= 15 is 0 Å². The Morgan fingerprint density at radius 2 is 2.00 bits per heavy atom. The Kier molecular flexibility index (Phi) is 12.1. The molecule has 1 saturated carbocycles. The van der Waals surface area contributed by atoms with E-state index in [1.54, 1.807) is 7.05 Å². The third-order valence-corrected chi connectivity index (χ3v) is 4.98. The van der Waals surface area contributed by atoms with Gasteiger partial charge in [-0.3, -0.25) is 9.79 Å². The van der Waals surface area contributed by atoms with Crippen LogP contribution in [0.1, 0.15) is 61.4 Å². The van der Waals surface area contributed by atoms with Crippen molar-refractivity contribution in [2.24, 2.45) is 10.9 Å². The highest BCUT2D eigenvalue weighted by molar-refractivity contribution is 14.0. The Balaban J connectivity index is 0.00000364. The van der Waals surface area contributed by atoms with Crippen molar-refractivity contribution in [3.05, 3.63) is 35.4 Å². The molecule has 1 aliphatic rings. The van der Waals surface area contributed by atoms with Gasteiger partial charge in [0.15, 0.2) is 5.96 Å². The molecule has 0 bridgehead atoms. The van der Waals surface area contributed by atoms with Crippen LogP contribution >= 0.6 is 24.0 Å². The highest BCUT2D eigenvalue weighted by Crippen LogP contribution is 2.28. The minimum atomic E-state index is -0.0445.